The van der Waals surface area contributed by atoms with Gasteiger partial charge in [0.1, 0.15) is 5.82 Å². The van der Waals surface area contributed by atoms with Crippen LogP contribution in [0.5, 0.6) is 0 Å². The van der Waals surface area contributed by atoms with Gasteiger partial charge in [-0.05, 0) is 86.4 Å². The van der Waals surface area contributed by atoms with Crippen LogP contribution in [0.1, 0.15) is 43.0 Å². The third-order valence-electron chi connectivity index (χ3n) is 7.71. The second-order valence-corrected chi connectivity index (χ2v) is 11.3. The molecule has 0 bridgehead atoms. The molecule has 8 heteroatoms. The van der Waals surface area contributed by atoms with E-state index in [2.05, 4.69) is 56.3 Å². The molecule has 2 unspecified atom stereocenters. The molecule has 7 nitrogen and oxygen atoms in total. The van der Waals surface area contributed by atoms with Gasteiger partial charge in [0.2, 0.25) is 0 Å². The van der Waals surface area contributed by atoms with Crippen LogP contribution in [0.3, 0.4) is 0 Å². The van der Waals surface area contributed by atoms with E-state index in [-0.39, 0.29) is 17.9 Å². The van der Waals surface area contributed by atoms with Crippen LogP contribution >= 0.6 is 11.9 Å². The number of carboxylic acids is 1. The summed E-state index contributed by atoms with van der Waals surface area (Å²) in [4.78, 5) is 17.8. The maximum Gasteiger partial charge on any atom is 0.307 e. The van der Waals surface area contributed by atoms with Gasteiger partial charge in [0, 0.05) is 37.2 Å². The lowest BCUT2D eigenvalue weighted by molar-refractivity contribution is -0.145. The smallest absolute Gasteiger partial charge is 0.307 e. The summed E-state index contributed by atoms with van der Waals surface area (Å²) >= 11 is 1.65. The monoisotopic (exact) mass is 509 g/mol. The van der Waals surface area contributed by atoms with E-state index >= 15 is 0 Å². The number of anilines is 1. The van der Waals surface area contributed by atoms with Gasteiger partial charge in [0.15, 0.2) is 0 Å². The highest BCUT2D eigenvalue weighted by molar-refractivity contribution is 8.00. The Balaban J connectivity index is 1.25. The Morgan fingerprint density at radius 3 is 2.75 bits per heavy atom. The Morgan fingerprint density at radius 2 is 2.03 bits per heavy atom. The molecule has 2 fully saturated rings. The Morgan fingerprint density at radius 1 is 1.22 bits per heavy atom. The van der Waals surface area contributed by atoms with Gasteiger partial charge in [-0.2, -0.15) is 0 Å². The van der Waals surface area contributed by atoms with Crippen molar-refractivity contribution in [1.82, 2.24) is 9.55 Å². The van der Waals surface area contributed by atoms with Crippen LogP contribution in [0.25, 0.3) is 11.0 Å². The molecule has 3 aromatic rings. The lowest BCUT2D eigenvalue weighted by atomic mass is 9.74. The predicted octanol–water partition coefficient (Wildman–Crippen LogP) is 5.42. The Hall–Kier alpha value is -2.55. The maximum atomic E-state index is 12.0. The van der Waals surface area contributed by atoms with Crippen molar-refractivity contribution in [2.45, 2.75) is 49.5 Å². The molecule has 4 atom stereocenters. The van der Waals surface area contributed by atoms with E-state index in [0.29, 0.717) is 18.9 Å². The number of nitrogens with zero attached hydrogens (tertiary/aromatic N) is 3. The standard InChI is InChI=1S/C28H35N3O4S/c1-18-29-26-15-23(9-11-27(26)30(18)2)36-31(3)21-6-4-20(5-7-21)25-14-22(8-10-24(25)28(32)33)35-17-19-12-13-34-16-19/h4-7,9,11,15,19,22,24-25H,8,10,12-14,16-17H2,1-3H3,(H,32,33)/t19?,22-,24?,25+/m1/s1. The van der Waals surface area contributed by atoms with Crippen LogP contribution in [-0.2, 0) is 21.3 Å². The van der Waals surface area contributed by atoms with Crippen molar-refractivity contribution < 1.29 is 19.4 Å². The molecule has 5 rings (SSSR count). The van der Waals surface area contributed by atoms with Crippen molar-refractivity contribution in [2.24, 2.45) is 18.9 Å². The fourth-order valence-electron chi connectivity index (χ4n) is 5.43. The fraction of sp³-hybridized carbons (Fsp3) is 0.500. The van der Waals surface area contributed by atoms with E-state index in [9.17, 15) is 9.90 Å². The molecule has 1 aliphatic carbocycles. The number of imidazole rings is 1. The highest BCUT2D eigenvalue weighted by atomic mass is 32.2. The first-order valence-electron chi connectivity index (χ1n) is 12.8. The summed E-state index contributed by atoms with van der Waals surface area (Å²) in [6.45, 7) is 4.32. The second-order valence-electron chi connectivity index (χ2n) is 10.1. The van der Waals surface area contributed by atoms with Crippen molar-refractivity contribution >= 4 is 34.6 Å². The molecule has 2 aliphatic rings. The van der Waals surface area contributed by atoms with Crippen molar-refractivity contribution in [3.8, 4) is 0 Å². The third kappa shape index (κ3) is 5.41. The number of aromatic nitrogens is 2. The number of benzene rings is 2. The number of fused-ring (bicyclic) bond motifs is 1. The second kappa shape index (κ2) is 10.8. The highest BCUT2D eigenvalue weighted by Gasteiger charge is 2.36. The topological polar surface area (TPSA) is 76.8 Å². The van der Waals surface area contributed by atoms with Crippen LogP contribution in [0, 0.1) is 18.8 Å². The van der Waals surface area contributed by atoms with Gasteiger partial charge in [-0.3, -0.25) is 4.79 Å². The van der Waals surface area contributed by atoms with E-state index < -0.39 is 5.97 Å². The molecule has 0 amide bonds. The van der Waals surface area contributed by atoms with Gasteiger partial charge in [-0.1, -0.05) is 12.1 Å². The first-order chi connectivity index (χ1) is 17.4. The molecule has 36 heavy (non-hydrogen) atoms. The quantitative estimate of drug-likeness (QED) is 0.407. The van der Waals surface area contributed by atoms with E-state index in [1.165, 1.54) is 0 Å². The van der Waals surface area contributed by atoms with Gasteiger partial charge in [0.05, 0.1) is 36.3 Å². The number of aryl methyl sites for hydroxylation is 2. The molecule has 2 aromatic carbocycles. The van der Waals surface area contributed by atoms with Gasteiger partial charge in [-0.25, -0.2) is 4.98 Å². The summed E-state index contributed by atoms with van der Waals surface area (Å²) in [6.07, 6.45) is 3.36. The molecular formula is C28H35N3O4S. The van der Waals surface area contributed by atoms with Crippen molar-refractivity contribution in [1.29, 1.82) is 0 Å². The molecule has 1 saturated carbocycles. The first-order valence-corrected chi connectivity index (χ1v) is 13.5. The molecule has 2 heterocycles. The normalized spacial score (nSPS) is 24.3. The molecular weight excluding hydrogens is 474 g/mol. The number of aliphatic carboxylic acids is 1. The summed E-state index contributed by atoms with van der Waals surface area (Å²) in [5.41, 5.74) is 4.27. The number of rotatable bonds is 8. The predicted molar refractivity (Wildman–Crippen MR) is 143 cm³/mol. The summed E-state index contributed by atoms with van der Waals surface area (Å²) in [5, 5.41) is 9.88. The number of hydrogen-bond acceptors (Lipinski definition) is 6. The number of carbonyl (C=O) groups is 1. The zero-order chi connectivity index (χ0) is 25.2. The lowest BCUT2D eigenvalue weighted by Crippen LogP contribution is -2.33. The van der Waals surface area contributed by atoms with Crippen molar-refractivity contribution in [3.63, 3.8) is 0 Å². The van der Waals surface area contributed by atoms with Crippen LogP contribution in [0.2, 0.25) is 0 Å². The molecule has 0 spiro atoms. The fourth-order valence-corrected chi connectivity index (χ4v) is 6.27. The molecule has 0 radical (unpaired) electrons. The highest BCUT2D eigenvalue weighted by Crippen LogP contribution is 2.40. The molecule has 192 valence electrons. The lowest BCUT2D eigenvalue weighted by Gasteiger charge is -2.34. The number of carboxylic acid groups (broad SMARTS) is 1. The van der Waals surface area contributed by atoms with Crippen LogP contribution in [0.4, 0.5) is 5.69 Å². The molecule has 1 saturated heterocycles. The average Bonchev–Trinajstić information content (AvgIpc) is 3.50. The SMILES string of the molecule is Cc1nc2cc(SN(C)c3ccc([C@@H]4C[C@H](OCC5CCOC5)CCC4C(=O)O)cc3)ccc2n1C. The summed E-state index contributed by atoms with van der Waals surface area (Å²) < 4.78 is 15.9. The third-order valence-corrected chi connectivity index (χ3v) is 8.66. The van der Waals surface area contributed by atoms with Crippen LogP contribution in [0.15, 0.2) is 47.4 Å². The average molecular weight is 510 g/mol. The van der Waals surface area contributed by atoms with Crippen LogP contribution < -0.4 is 4.31 Å². The van der Waals surface area contributed by atoms with Crippen molar-refractivity contribution in [3.05, 3.63) is 53.9 Å². The van der Waals surface area contributed by atoms with Gasteiger partial charge < -0.3 is 23.5 Å². The largest absolute Gasteiger partial charge is 0.481 e. The summed E-state index contributed by atoms with van der Waals surface area (Å²) in [7, 11) is 4.08. The van der Waals surface area contributed by atoms with Crippen molar-refractivity contribution in [2.75, 3.05) is 31.2 Å². The first kappa shape index (κ1) is 25.1. The van der Waals surface area contributed by atoms with E-state index in [4.69, 9.17) is 9.47 Å². The number of hydrogen-bond donors (Lipinski definition) is 1. The molecule has 1 N–H and O–H groups in total. The van der Waals surface area contributed by atoms with E-state index in [0.717, 1.165) is 65.5 Å². The van der Waals surface area contributed by atoms with E-state index in [1.54, 1.807) is 11.9 Å². The summed E-state index contributed by atoms with van der Waals surface area (Å²) in [6, 6.07) is 14.7. The molecule has 1 aromatic heterocycles. The minimum atomic E-state index is -0.709. The van der Waals surface area contributed by atoms with E-state index in [1.807, 2.05) is 21.0 Å². The molecule has 1 aliphatic heterocycles. The minimum absolute atomic E-state index is 0.0390. The van der Waals surface area contributed by atoms with Gasteiger partial charge in [0.25, 0.3) is 0 Å². The Kier molecular flexibility index (Phi) is 7.55. The summed E-state index contributed by atoms with van der Waals surface area (Å²) in [5.74, 6) is 0.350. The maximum absolute atomic E-state index is 12.0. The minimum Gasteiger partial charge on any atom is -0.481 e. The van der Waals surface area contributed by atoms with Gasteiger partial charge in [-0.15, -0.1) is 0 Å². The number of ether oxygens (including phenoxy) is 2. The Bertz CT molecular complexity index is 1210. The zero-order valence-corrected chi connectivity index (χ0v) is 22.0. The zero-order valence-electron chi connectivity index (χ0n) is 21.2. The van der Waals surface area contributed by atoms with Crippen LogP contribution in [-0.4, -0.2) is 53.6 Å². The van der Waals surface area contributed by atoms with Gasteiger partial charge >= 0.3 is 5.97 Å². The Labute approximate surface area is 216 Å².